The number of carboxylic acids is 1. The Bertz CT molecular complexity index is 1420. The van der Waals surface area contributed by atoms with Gasteiger partial charge in [0.2, 0.25) is 0 Å². The number of nitriles is 1. The molecule has 0 saturated heterocycles. The van der Waals surface area contributed by atoms with Crippen molar-refractivity contribution in [1.82, 2.24) is 0 Å². The van der Waals surface area contributed by atoms with E-state index in [1.54, 1.807) is 42.5 Å². The van der Waals surface area contributed by atoms with Gasteiger partial charge in [-0.25, -0.2) is 4.79 Å². The smallest absolute Gasteiger partial charge is 0.416 e. The normalized spacial score (nSPS) is 11.2. The summed E-state index contributed by atoms with van der Waals surface area (Å²) in [6.07, 6.45) is -8.74. The van der Waals surface area contributed by atoms with Crippen molar-refractivity contribution in [2.24, 2.45) is 0 Å². The number of benzene rings is 4. The first-order valence-corrected chi connectivity index (χ1v) is 10.6. The molecule has 0 spiro atoms. The molecule has 0 radical (unpaired) electrons. The van der Waals surface area contributed by atoms with Gasteiger partial charge in [-0.2, -0.15) is 31.6 Å². The average Bonchev–Trinajstić information content (AvgIpc) is 2.88. The van der Waals surface area contributed by atoms with Crippen molar-refractivity contribution >= 4 is 5.97 Å². The minimum absolute atomic E-state index is 0.0576. The summed E-state index contributed by atoms with van der Waals surface area (Å²) in [6.45, 7) is 0. The Balaban J connectivity index is 0.000000206. The Morgan fingerprint density at radius 3 is 1.46 bits per heavy atom. The largest absolute Gasteiger partial charge is 0.478 e. The van der Waals surface area contributed by atoms with Crippen LogP contribution in [0.2, 0.25) is 0 Å². The maximum absolute atomic E-state index is 12.4. The van der Waals surface area contributed by atoms with Gasteiger partial charge in [-0.15, -0.1) is 0 Å². The molecule has 3 nitrogen and oxygen atoms in total. The molecule has 0 saturated carbocycles. The van der Waals surface area contributed by atoms with E-state index < -0.39 is 29.4 Å². The van der Waals surface area contributed by atoms with Crippen LogP contribution in [0.25, 0.3) is 22.3 Å². The topological polar surface area (TPSA) is 61.1 Å². The van der Waals surface area contributed by atoms with Gasteiger partial charge >= 0.3 is 18.3 Å². The molecule has 0 fully saturated rings. The number of aromatic carboxylic acids is 1. The standard InChI is InChI=1S/C14H8F3N.C14H9F3O2/c15-14(16,17)12-7-5-10(6-8-12)13-4-2-1-3-11(13)9-18;15-14(16,17)10-7-5-9(6-8-10)11-3-1-2-4-12(11)13(18)19/h1-8H;1-8H,(H,18,19). The third-order valence-electron chi connectivity index (χ3n) is 5.25. The first kappa shape index (κ1) is 27.0. The van der Waals surface area contributed by atoms with Crippen molar-refractivity contribution in [3.05, 3.63) is 119 Å². The molecular formula is C28H17F6NO2. The molecule has 4 aromatic carbocycles. The maximum atomic E-state index is 12.4. The fourth-order valence-electron chi connectivity index (χ4n) is 3.43. The van der Waals surface area contributed by atoms with Crippen LogP contribution in [-0.4, -0.2) is 11.1 Å². The zero-order valence-electron chi connectivity index (χ0n) is 18.8. The van der Waals surface area contributed by atoms with Crippen molar-refractivity contribution in [3.8, 4) is 28.3 Å². The van der Waals surface area contributed by atoms with Crippen LogP contribution in [0.3, 0.4) is 0 Å². The first-order chi connectivity index (χ1) is 17.4. The van der Waals surface area contributed by atoms with Gasteiger partial charge in [0, 0.05) is 0 Å². The van der Waals surface area contributed by atoms with E-state index in [0.717, 1.165) is 24.3 Å². The van der Waals surface area contributed by atoms with Crippen molar-refractivity contribution in [2.45, 2.75) is 12.4 Å². The summed E-state index contributed by atoms with van der Waals surface area (Å²) in [5, 5.41) is 18.0. The highest BCUT2D eigenvalue weighted by molar-refractivity contribution is 5.96. The highest BCUT2D eigenvalue weighted by Gasteiger charge is 2.30. The SMILES string of the molecule is N#Cc1ccccc1-c1ccc(C(F)(F)F)cc1.O=C(O)c1ccccc1-c1ccc(C(F)(F)F)cc1. The molecule has 4 rings (SSSR count). The molecule has 4 aromatic rings. The Kier molecular flexibility index (Phi) is 8.03. The lowest BCUT2D eigenvalue weighted by Crippen LogP contribution is -2.04. The number of alkyl halides is 6. The summed E-state index contributed by atoms with van der Waals surface area (Å²) in [5.74, 6) is -1.12. The molecule has 37 heavy (non-hydrogen) atoms. The average molecular weight is 513 g/mol. The number of hydrogen-bond acceptors (Lipinski definition) is 2. The number of carboxylic acid groups (broad SMARTS) is 1. The van der Waals surface area contributed by atoms with Gasteiger partial charge in [0.1, 0.15) is 0 Å². The van der Waals surface area contributed by atoms with E-state index in [-0.39, 0.29) is 5.56 Å². The summed E-state index contributed by atoms with van der Waals surface area (Å²) < 4.78 is 74.6. The summed E-state index contributed by atoms with van der Waals surface area (Å²) in [4.78, 5) is 11.0. The predicted molar refractivity (Wildman–Crippen MR) is 125 cm³/mol. The lowest BCUT2D eigenvalue weighted by atomic mass is 9.99. The van der Waals surface area contributed by atoms with E-state index in [9.17, 15) is 31.1 Å². The zero-order chi connectivity index (χ0) is 27.2. The van der Waals surface area contributed by atoms with Crippen molar-refractivity contribution in [3.63, 3.8) is 0 Å². The zero-order valence-corrected chi connectivity index (χ0v) is 18.8. The minimum atomic E-state index is -4.40. The third-order valence-corrected chi connectivity index (χ3v) is 5.25. The van der Waals surface area contributed by atoms with E-state index in [2.05, 4.69) is 0 Å². The van der Waals surface area contributed by atoms with Crippen LogP contribution in [0.4, 0.5) is 26.3 Å². The van der Waals surface area contributed by atoms with Crippen LogP contribution < -0.4 is 0 Å². The third kappa shape index (κ3) is 6.76. The second-order valence-corrected chi connectivity index (χ2v) is 7.66. The van der Waals surface area contributed by atoms with Crippen molar-refractivity contribution in [2.75, 3.05) is 0 Å². The van der Waals surface area contributed by atoms with E-state index in [4.69, 9.17) is 10.4 Å². The molecule has 0 bridgehead atoms. The quantitative estimate of drug-likeness (QED) is 0.280. The first-order valence-electron chi connectivity index (χ1n) is 10.6. The van der Waals surface area contributed by atoms with Crippen LogP contribution in [-0.2, 0) is 12.4 Å². The highest BCUT2D eigenvalue weighted by Crippen LogP contribution is 2.33. The fourth-order valence-corrected chi connectivity index (χ4v) is 3.43. The maximum Gasteiger partial charge on any atom is 0.416 e. The van der Waals surface area contributed by atoms with Crippen LogP contribution in [0.1, 0.15) is 27.0 Å². The van der Waals surface area contributed by atoms with Crippen molar-refractivity contribution < 1.29 is 36.2 Å². The second kappa shape index (κ2) is 11.0. The number of halogens is 6. The van der Waals surface area contributed by atoms with Gasteiger partial charge in [0.05, 0.1) is 28.3 Å². The molecule has 0 amide bonds. The number of hydrogen-bond donors (Lipinski definition) is 1. The Morgan fingerprint density at radius 1 is 0.622 bits per heavy atom. The lowest BCUT2D eigenvalue weighted by molar-refractivity contribution is -0.138. The van der Waals surface area contributed by atoms with Crippen LogP contribution in [0, 0.1) is 11.3 Å². The van der Waals surface area contributed by atoms with Gasteiger partial charge in [0.15, 0.2) is 0 Å². The molecule has 188 valence electrons. The molecule has 1 N–H and O–H groups in total. The lowest BCUT2D eigenvalue weighted by Gasteiger charge is -2.09. The molecule has 0 aliphatic rings. The van der Waals surface area contributed by atoms with Crippen LogP contribution in [0.15, 0.2) is 97.1 Å². The van der Waals surface area contributed by atoms with E-state index in [1.165, 1.54) is 30.3 Å². The van der Waals surface area contributed by atoms with Gasteiger partial charge in [-0.1, -0.05) is 60.7 Å². The van der Waals surface area contributed by atoms with Gasteiger partial charge in [-0.05, 0) is 58.7 Å². The van der Waals surface area contributed by atoms with Crippen LogP contribution in [0.5, 0.6) is 0 Å². The van der Waals surface area contributed by atoms with Gasteiger partial charge in [0.25, 0.3) is 0 Å². The molecule has 0 heterocycles. The number of rotatable bonds is 3. The molecule has 0 aromatic heterocycles. The molecule has 0 atom stereocenters. The predicted octanol–water partition coefficient (Wildman–Crippen LogP) is 8.31. The van der Waals surface area contributed by atoms with E-state index in [0.29, 0.717) is 27.8 Å². The fraction of sp³-hybridized carbons (Fsp3) is 0.0714. The summed E-state index contributed by atoms with van der Waals surface area (Å²) in [7, 11) is 0. The summed E-state index contributed by atoms with van der Waals surface area (Å²) in [5.41, 5.74) is 1.10. The van der Waals surface area contributed by atoms with Crippen molar-refractivity contribution in [1.29, 1.82) is 5.26 Å². The van der Waals surface area contributed by atoms with Crippen LogP contribution >= 0.6 is 0 Å². The monoisotopic (exact) mass is 513 g/mol. The molecule has 0 unspecified atom stereocenters. The van der Waals surface area contributed by atoms with Gasteiger partial charge < -0.3 is 5.11 Å². The Morgan fingerprint density at radius 2 is 1.03 bits per heavy atom. The second-order valence-electron chi connectivity index (χ2n) is 7.66. The highest BCUT2D eigenvalue weighted by atomic mass is 19.4. The van der Waals surface area contributed by atoms with E-state index >= 15 is 0 Å². The summed E-state index contributed by atoms with van der Waals surface area (Å²) in [6, 6.07) is 24.2. The van der Waals surface area contributed by atoms with Gasteiger partial charge in [-0.3, -0.25) is 0 Å². The van der Waals surface area contributed by atoms with E-state index in [1.807, 2.05) is 6.07 Å². The number of nitrogens with zero attached hydrogens (tertiary/aromatic N) is 1. The molecule has 0 aliphatic carbocycles. The Labute approximate surface area is 207 Å². The molecule has 0 aliphatic heterocycles. The molecule has 9 heteroatoms. The summed E-state index contributed by atoms with van der Waals surface area (Å²) >= 11 is 0. The number of carbonyl (C=O) groups is 1. The Hall–Kier alpha value is -4.58. The molecular weight excluding hydrogens is 496 g/mol. The minimum Gasteiger partial charge on any atom is -0.478 e.